The van der Waals surface area contributed by atoms with Gasteiger partial charge in [-0.25, -0.2) is 0 Å². The van der Waals surface area contributed by atoms with Crippen molar-refractivity contribution in [3.8, 4) is 0 Å². The minimum Gasteiger partial charge on any atom is -0.340 e. The van der Waals surface area contributed by atoms with Crippen molar-refractivity contribution >= 4 is 0 Å². The fraction of sp³-hybridized carbons (Fsp3) is 0.333. The molecule has 0 aliphatic rings. The highest BCUT2D eigenvalue weighted by Gasteiger charge is 1.90. The van der Waals surface area contributed by atoms with Crippen molar-refractivity contribution in [3.05, 3.63) is 17.6 Å². The zero-order valence-electron chi connectivity index (χ0n) is 3.70. The molecule has 0 aromatic heterocycles. The summed E-state index contributed by atoms with van der Waals surface area (Å²) in [5, 5.41) is 2.06. The van der Waals surface area contributed by atoms with Crippen LogP contribution in [0.3, 0.4) is 0 Å². The average molecular weight is 102 g/mol. The monoisotopic (exact) mass is 102 g/mol. The maximum Gasteiger partial charge on any atom is 0.198 e. The van der Waals surface area contributed by atoms with Gasteiger partial charge in [0.25, 0.3) is 0 Å². The summed E-state index contributed by atoms with van der Waals surface area (Å²) in [5.41, 5.74) is 4.95. The second kappa shape index (κ2) is 3.30. The summed E-state index contributed by atoms with van der Waals surface area (Å²) in [4.78, 5) is 13.1. The smallest absolute Gasteiger partial charge is 0.198 e. The van der Waals surface area contributed by atoms with Crippen LogP contribution in [0.25, 0.3) is 0 Å². The molecule has 1 unspecified atom stereocenters. The highest BCUT2D eigenvalue weighted by molar-refractivity contribution is 4.72. The molecule has 4 nitrogen and oxygen atoms in total. The van der Waals surface area contributed by atoms with Gasteiger partial charge in [0.1, 0.15) is 0 Å². The lowest BCUT2D eigenvalue weighted by Gasteiger charge is -1.95. The molecule has 0 aliphatic heterocycles. The first-order valence-corrected chi connectivity index (χ1v) is 1.68. The topological polar surface area (TPSA) is 64.7 Å². The third-order valence-electron chi connectivity index (χ3n) is 0.397. The quantitative estimate of drug-likeness (QED) is 0.239. The Morgan fingerprint density at radius 3 is 2.71 bits per heavy atom. The Labute approximate surface area is 40.9 Å². The van der Waals surface area contributed by atoms with Crippen LogP contribution in [0.4, 0.5) is 0 Å². The molecule has 0 rings (SSSR count). The maximum atomic E-state index is 9.17. The molecule has 4 heteroatoms. The van der Waals surface area contributed by atoms with Crippen molar-refractivity contribution < 1.29 is 4.84 Å². The Morgan fingerprint density at radius 1 is 2.00 bits per heavy atom. The van der Waals surface area contributed by atoms with Crippen molar-refractivity contribution in [1.82, 2.24) is 0 Å². The Kier molecular flexibility index (Phi) is 2.87. The van der Waals surface area contributed by atoms with Gasteiger partial charge in [0, 0.05) is 0 Å². The first-order chi connectivity index (χ1) is 3.31. The van der Waals surface area contributed by atoms with E-state index >= 15 is 0 Å². The molecule has 0 saturated heterocycles. The van der Waals surface area contributed by atoms with Crippen LogP contribution in [0.15, 0.2) is 18.0 Å². The van der Waals surface area contributed by atoms with Crippen LogP contribution >= 0.6 is 0 Å². The molecule has 0 aliphatic carbocycles. The van der Waals surface area contributed by atoms with E-state index in [1.807, 2.05) is 0 Å². The summed E-state index contributed by atoms with van der Waals surface area (Å²) in [5.74, 6) is 0. The highest BCUT2D eigenvalue weighted by Crippen LogP contribution is 1.80. The summed E-state index contributed by atoms with van der Waals surface area (Å²) >= 11 is 0. The Hall–Kier alpha value is -0.900. The van der Waals surface area contributed by atoms with E-state index in [0.29, 0.717) is 0 Å². The van der Waals surface area contributed by atoms with Crippen LogP contribution in [0.2, 0.25) is 0 Å². The SMILES string of the molecule is C=CC(N)ON=O. The number of rotatable bonds is 3. The lowest BCUT2D eigenvalue weighted by Crippen LogP contribution is -2.17. The minimum atomic E-state index is -0.766. The van der Waals surface area contributed by atoms with E-state index in [1.165, 1.54) is 6.08 Å². The van der Waals surface area contributed by atoms with Crippen LogP contribution < -0.4 is 5.73 Å². The molecule has 0 fully saturated rings. The van der Waals surface area contributed by atoms with Crippen LogP contribution in [0.5, 0.6) is 0 Å². The van der Waals surface area contributed by atoms with E-state index in [0.717, 1.165) is 0 Å². The molecule has 0 spiro atoms. The molecular weight excluding hydrogens is 96.0 g/mol. The van der Waals surface area contributed by atoms with Gasteiger partial charge in [0.15, 0.2) is 11.6 Å². The molecule has 1 atom stereocenters. The third-order valence-corrected chi connectivity index (χ3v) is 0.397. The van der Waals surface area contributed by atoms with E-state index in [4.69, 9.17) is 5.73 Å². The van der Waals surface area contributed by atoms with E-state index < -0.39 is 6.23 Å². The molecule has 0 bridgehead atoms. The van der Waals surface area contributed by atoms with Crippen LogP contribution in [0.1, 0.15) is 0 Å². The van der Waals surface area contributed by atoms with Gasteiger partial charge in [0.05, 0.1) is 0 Å². The number of hydrogen-bond donors (Lipinski definition) is 1. The van der Waals surface area contributed by atoms with Crippen molar-refractivity contribution in [1.29, 1.82) is 0 Å². The van der Waals surface area contributed by atoms with Gasteiger partial charge < -0.3 is 4.84 Å². The second-order valence-electron chi connectivity index (χ2n) is 0.880. The van der Waals surface area contributed by atoms with E-state index in [9.17, 15) is 4.91 Å². The predicted octanol–water partition coefficient (Wildman–Crippen LogP) is 0.155. The van der Waals surface area contributed by atoms with E-state index in [-0.39, 0.29) is 0 Å². The fourth-order valence-corrected chi connectivity index (χ4v) is 0.0927. The molecule has 0 amide bonds. The van der Waals surface area contributed by atoms with Crippen LogP contribution in [0, 0.1) is 4.91 Å². The lowest BCUT2D eigenvalue weighted by molar-refractivity contribution is 0.0934. The zero-order chi connectivity index (χ0) is 5.70. The molecule has 40 valence electrons. The third kappa shape index (κ3) is 2.92. The Bertz CT molecular complexity index is 73.3. The number of nitrogens with two attached hydrogens (primary N) is 1. The van der Waals surface area contributed by atoms with Gasteiger partial charge in [-0.1, -0.05) is 6.58 Å². The number of nitrogens with zero attached hydrogens (tertiary/aromatic N) is 1. The summed E-state index contributed by atoms with van der Waals surface area (Å²) in [6.07, 6.45) is 0.499. The lowest BCUT2D eigenvalue weighted by atomic mass is 10.6. The number of hydrogen-bond acceptors (Lipinski definition) is 4. The normalized spacial score (nSPS) is 12.1. The first-order valence-electron chi connectivity index (χ1n) is 1.68. The second-order valence-corrected chi connectivity index (χ2v) is 0.880. The Balaban J connectivity index is 3.15. The fourth-order valence-electron chi connectivity index (χ4n) is 0.0927. The molecule has 2 N–H and O–H groups in total. The van der Waals surface area contributed by atoms with Crippen molar-refractivity contribution in [3.63, 3.8) is 0 Å². The van der Waals surface area contributed by atoms with Crippen LogP contribution in [-0.4, -0.2) is 6.23 Å². The summed E-state index contributed by atoms with van der Waals surface area (Å²) < 4.78 is 0. The average Bonchev–Trinajstić information content (AvgIpc) is 1.68. The summed E-state index contributed by atoms with van der Waals surface area (Å²) in [6, 6.07) is 0. The van der Waals surface area contributed by atoms with Crippen molar-refractivity contribution in [2.24, 2.45) is 11.1 Å². The highest BCUT2D eigenvalue weighted by atomic mass is 16.7. The molecule has 0 radical (unpaired) electrons. The summed E-state index contributed by atoms with van der Waals surface area (Å²) in [7, 11) is 0. The maximum absolute atomic E-state index is 9.17. The molecule has 0 aromatic rings. The molecular formula is C3H6N2O2. The van der Waals surface area contributed by atoms with E-state index in [2.05, 4.69) is 16.8 Å². The van der Waals surface area contributed by atoms with Gasteiger partial charge in [0.2, 0.25) is 0 Å². The first kappa shape index (κ1) is 6.10. The van der Waals surface area contributed by atoms with E-state index in [1.54, 1.807) is 0 Å². The zero-order valence-corrected chi connectivity index (χ0v) is 3.70. The van der Waals surface area contributed by atoms with Crippen molar-refractivity contribution in [2.45, 2.75) is 6.23 Å². The van der Waals surface area contributed by atoms with Gasteiger partial charge in [-0.3, -0.25) is 5.73 Å². The van der Waals surface area contributed by atoms with Crippen molar-refractivity contribution in [2.75, 3.05) is 0 Å². The van der Waals surface area contributed by atoms with Gasteiger partial charge >= 0.3 is 0 Å². The van der Waals surface area contributed by atoms with Crippen LogP contribution in [-0.2, 0) is 4.84 Å². The Morgan fingerprint density at radius 2 is 2.57 bits per heavy atom. The molecule has 0 heterocycles. The van der Waals surface area contributed by atoms with Gasteiger partial charge in [-0.2, -0.15) is 0 Å². The van der Waals surface area contributed by atoms with Gasteiger partial charge in [-0.05, 0) is 6.08 Å². The minimum absolute atomic E-state index is 0.766. The molecule has 0 saturated carbocycles. The largest absolute Gasteiger partial charge is 0.340 e. The standard InChI is InChI=1S/C3H6N2O2/c1-2-3(4)7-5-6/h2-3H,1,4H2. The molecule has 7 heavy (non-hydrogen) atoms. The molecule has 0 aromatic carbocycles. The van der Waals surface area contributed by atoms with Gasteiger partial charge in [-0.15, -0.1) is 4.91 Å². The summed E-state index contributed by atoms with van der Waals surface area (Å²) in [6.45, 7) is 3.23. The predicted molar refractivity (Wildman–Crippen MR) is 25.1 cm³/mol.